The van der Waals surface area contributed by atoms with Crippen molar-refractivity contribution in [2.75, 3.05) is 25.6 Å². The lowest BCUT2D eigenvalue weighted by Crippen LogP contribution is -2.28. The molecule has 0 spiro atoms. The van der Waals surface area contributed by atoms with Gasteiger partial charge in [-0.3, -0.25) is 4.79 Å². The average Bonchev–Trinajstić information content (AvgIpc) is 2.91. The van der Waals surface area contributed by atoms with Gasteiger partial charge in [-0.25, -0.2) is 4.79 Å². The Morgan fingerprint density at radius 2 is 1.95 bits per heavy atom. The predicted molar refractivity (Wildman–Crippen MR) is 86.5 cm³/mol. The van der Waals surface area contributed by atoms with Crippen LogP contribution in [0.15, 0.2) is 6.07 Å². The molecule has 1 amide bonds. The smallest absolute Gasteiger partial charge is 0.340 e. The van der Waals surface area contributed by atoms with E-state index in [0.29, 0.717) is 23.8 Å². The number of carbonyl (C=O) groups is 2. The summed E-state index contributed by atoms with van der Waals surface area (Å²) >= 11 is 1.44. The highest BCUT2D eigenvalue weighted by Gasteiger charge is 2.27. The number of hydrogen-bond acceptors (Lipinski definition) is 5. The van der Waals surface area contributed by atoms with E-state index in [4.69, 9.17) is 9.47 Å². The molecule has 2 heterocycles. The molecular weight excluding hydrogens is 302 g/mol. The van der Waals surface area contributed by atoms with Gasteiger partial charge in [0.15, 0.2) is 0 Å². The molecule has 1 N–H and O–H groups in total. The first-order chi connectivity index (χ1) is 10.3. The molecule has 2 rings (SSSR count). The highest BCUT2D eigenvalue weighted by molar-refractivity contribution is 7.16. The Balaban J connectivity index is 2.22. The largest absolute Gasteiger partial charge is 0.465 e. The number of ether oxygens (including phenoxy) is 2. The van der Waals surface area contributed by atoms with Crippen LogP contribution in [0.3, 0.4) is 0 Å². The highest BCUT2D eigenvalue weighted by atomic mass is 32.1. The molecule has 1 aliphatic rings. The zero-order valence-electron chi connectivity index (χ0n) is 13.5. The van der Waals surface area contributed by atoms with Crippen LogP contribution in [0.1, 0.15) is 48.8 Å². The third kappa shape index (κ3) is 3.87. The first kappa shape index (κ1) is 17.0. The summed E-state index contributed by atoms with van der Waals surface area (Å²) in [5.74, 6) is -0.524. The van der Waals surface area contributed by atoms with Gasteiger partial charge in [-0.15, -0.1) is 11.3 Å². The summed E-state index contributed by atoms with van der Waals surface area (Å²) < 4.78 is 10.1. The molecule has 1 aromatic rings. The van der Waals surface area contributed by atoms with Crippen LogP contribution in [0, 0.1) is 5.92 Å². The number of amides is 1. The Labute approximate surface area is 135 Å². The van der Waals surface area contributed by atoms with E-state index in [1.807, 2.05) is 6.07 Å². The Morgan fingerprint density at radius 1 is 1.32 bits per heavy atom. The molecule has 122 valence electrons. The van der Waals surface area contributed by atoms with E-state index in [1.54, 1.807) is 0 Å². The maximum Gasteiger partial charge on any atom is 0.340 e. The maximum atomic E-state index is 12.4. The fourth-order valence-electron chi connectivity index (χ4n) is 2.29. The van der Waals surface area contributed by atoms with E-state index < -0.39 is 5.97 Å². The lowest BCUT2D eigenvalue weighted by Gasteiger charge is -2.21. The summed E-state index contributed by atoms with van der Waals surface area (Å²) in [6, 6.07) is 1.82. The summed E-state index contributed by atoms with van der Waals surface area (Å²) in [6.45, 7) is 7.44. The van der Waals surface area contributed by atoms with Crippen molar-refractivity contribution < 1.29 is 19.1 Å². The van der Waals surface area contributed by atoms with Gasteiger partial charge in [0.1, 0.15) is 5.00 Å². The van der Waals surface area contributed by atoms with Crippen LogP contribution in [-0.2, 0) is 19.7 Å². The summed E-state index contributed by atoms with van der Waals surface area (Å²) in [5, 5.41) is 3.49. The van der Waals surface area contributed by atoms with Gasteiger partial charge in [0, 0.05) is 24.0 Å². The van der Waals surface area contributed by atoms with Crippen LogP contribution < -0.4 is 5.32 Å². The topological polar surface area (TPSA) is 64.6 Å². The molecule has 6 heteroatoms. The molecule has 0 saturated carbocycles. The summed E-state index contributed by atoms with van der Waals surface area (Å²) in [5.41, 5.74) is 0.340. The van der Waals surface area contributed by atoms with Crippen molar-refractivity contribution >= 4 is 28.2 Å². The first-order valence-corrected chi connectivity index (χ1v) is 8.26. The molecule has 0 atom stereocenters. The van der Waals surface area contributed by atoms with Crippen molar-refractivity contribution in [1.82, 2.24) is 0 Å². The van der Waals surface area contributed by atoms with Gasteiger partial charge in [-0.1, -0.05) is 20.8 Å². The van der Waals surface area contributed by atoms with Gasteiger partial charge in [-0.05, 0) is 24.3 Å². The summed E-state index contributed by atoms with van der Waals surface area (Å²) in [4.78, 5) is 25.4. The number of thiophene rings is 1. The monoisotopic (exact) mass is 325 g/mol. The van der Waals surface area contributed by atoms with Crippen LogP contribution in [0.25, 0.3) is 0 Å². The molecule has 0 aromatic carbocycles. The molecule has 22 heavy (non-hydrogen) atoms. The van der Waals surface area contributed by atoms with E-state index in [0.717, 1.165) is 17.7 Å². The fourth-order valence-corrected chi connectivity index (χ4v) is 3.40. The van der Waals surface area contributed by atoms with Crippen molar-refractivity contribution in [2.24, 2.45) is 5.92 Å². The number of nitrogens with one attached hydrogen (secondary N) is 1. The average molecular weight is 325 g/mol. The molecule has 5 nitrogen and oxygen atoms in total. The minimum Gasteiger partial charge on any atom is -0.465 e. The Bertz CT molecular complexity index is 553. The zero-order chi connectivity index (χ0) is 16.3. The lowest BCUT2D eigenvalue weighted by molar-refractivity contribution is -0.122. The molecule has 0 radical (unpaired) electrons. The minimum absolute atomic E-state index is 0.0456. The van der Waals surface area contributed by atoms with Gasteiger partial charge >= 0.3 is 5.97 Å². The molecule has 1 fully saturated rings. The molecule has 0 bridgehead atoms. The second-order valence-electron chi connectivity index (χ2n) is 6.47. The van der Waals surface area contributed by atoms with E-state index in [-0.39, 0.29) is 17.2 Å². The summed E-state index contributed by atoms with van der Waals surface area (Å²) in [6.07, 6.45) is 1.44. The summed E-state index contributed by atoms with van der Waals surface area (Å²) in [7, 11) is 1.35. The zero-order valence-corrected chi connectivity index (χ0v) is 14.3. The second kappa shape index (κ2) is 6.79. The van der Waals surface area contributed by atoms with E-state index in [2.05, 4.69) is 26.1 Å². The fraction of sp³-hybridized carbons (Fsp3) is 0.625. The molecule has 1 aromatic heterocycles. The number of rotatable bonds is 3. The quantitative estimate of drug-likeness (QED) is 0.867. The van der Waals surface area contributed by atoms with E-state index in [1.165, 1.54) is 18.4 Å². The SMILES string of the molecule is COC(=O)c1cc(C(C)(C)C)sc1NC(=O)C1CCOCC1. The van der Waals surface area contributed by atoms with Crippen molar-refractivity contribution in [3.8, 4) is 0 Å². The number of anilines is 1. The highest BCUT2D eigenvalue weighted by Crippen LogP contribution is 2.36. The van der Waals surface area contributed by atoms with Gasteiger partial charge in [0.25, 0.3) is 0 Å². The number of methoxy groups -OCH3 is 1. The number of hydrogen-bond donors (Lipinski definition) is 1. The Morgan fingerprint density at radius 3 is 2.50 bits per heavy atom. The third-order valence-electron chi connectivity index (χ3n) is 3.71. The van der Waals surface area contributed by atoms with Crippen LogP contribution in [0.2, 0.25) is 0 Å². The molecule has 1 saturated heterocycles. The maximum absolute atomic E-state index is 12.4. The van der Waals surface area contributed by atoms with Crippen LogP contribution in [0.5, 0.6) is 0 Å². The van der Waals surface area contributed by atoms with Crippen molar-refractivity contribution in [2.45, 2.75) is 39.0 Å². The molecule has 0 aliphatic carbocycles. The first-order valence-electron chi connectivity index (χ1n) is 7.44. The van der Waals surface area contributed by atoms with Gasteiger partial charge in [0.05, 0.1) is 12.7 Å². The Hall–Kier alpha value is -1.40. The molecule has 0 unspecified atom stereocenters. The molecular formula is C16H23NO4S. The van der Waals surface area contributed by atoms with Crippen molar-refractivity contribution in [1.29, 1.82) is 0 Å². The van der Waals surface area contributed by atoms with Crippen molar-refractivity contribution in [3.63, 3.8) is 0 Å². The van der Waals surface area contributed by atoms with Crippen LogP contribution >= 0.6 is 11.3 Å². The van der Waals surface area contributed by atoms with Gasteiger partial charge in [-0.2, -0.15) is 0 Å². The lowest BCUT2D eigenvalue weighted by atomic mass is 9.94. The van der Waals surface area contributed by atoms with Crippen LogP contribution in [0.4, 0.5) is 5.00 Å². The number of carbonyl (C=O) groups excluding carboxylic acids is 2. The van der Waals surface area contributed by atoms with Gasteiger partial charge in [0.2, 0.25) is 5.91 Å². The van der Waals surface area contributed by atoms with E-state index in [9.17, 15) is 9.59 Å². The van der Waals surface area contributed by atoms with Crippen molar-refractivity contribution in [3.05, 3.63) is 16.5 Å². The molecule has 1 aliphatic heterocycles. The third-order valence-corrected chi connectivity index (χ3v) is 5.18. The minimum atomic E-state index is -0.422. The number of esters is 1. The Kier molecular flexibility index (Phi) is 5.24. The predicted octanol–water partition coefficient (Wildman–Crippen LogP) is 3.20. The van der Waals surface area contributed by atoms with E-state index >= 15 is 0 Å². The second-order valence-corrected chi connectivity index (χ2v) is 7.52. The van der Waals surface area contributed by atoms with Gasteiger partial charge < -0.3 is 14.8 Å². The standard InChI is InChI=1S/C16H23NO4S/c1-16(2,3)12-9-11(15(19)20-4)14(22-12)17-13(18)10-5-7-21-8-6-10/h9-10H,5-8H2,1-4H3,(H,17,18). The van der Waals surface area contributed by atoms with Crippen LogP contribution in [-0.4, -0.2) is 32.2 Å². The normalized spacial score (nSPS) is 16.4.